The number of sulfonamides is 1. The van der Waals surface area contributed by atoms with E-state index in [-0.39, 0.29) is 25.1 Å². The van der Waals surface area contributed by atoms with Gasteiger partial charge < -0.3 is 14.9 Å². The molecule has 0 aliphatic heterocycles. The van der Waals surface area contributed by atoms with Crippen LogP contribution in [-0.4, -0.2) is 51.0 Å². The second kappa shape index (κ2) is 7.46. The second-order valence-corrected chi connectivity index (χ2v) is 5.98. The van der Waals surface area contributed by atoms with Gasteiger partial charge in [-0.25, -0.2) is 22.3 Å². The first-order valence-electron chi connectivity index (χ1n) is 5.97. The molecule has 1 aromatic rings. The Balaban J connectivity index is 2.77. The summed E-state index contributed by atoms with van der Waals surface area (Å²) in [5, 5.41) is 18.1. The van der Waals surface area contributed by atoms with Gasteiger partial charge in [0.2, 0.25) is 10.0 Å². The minimum Gasteiger partial charge on any atom is -0.478 e. The Morgan fingerprint density at radius 2 is 2.14 bits per heavy atom. The lowest BCUT2D eigenvalue weighted by Crippen LogP contribution is -2.29. The van der Waals surface area contributed by atoms with E-state index < -0.39 is 32.8 Å². The first-order valence-corrected chi connectivity index (χ1v) is 7.45. The number of rotatable bonds is 8. The molecule has 21 heavy (non-hydrogen) atoms. The molecule has 0 saturated heterocycles. The Kier molecular flexibility index (Phi) is 6.21. The molecule has 0 radical (unpaired) electrons. The van der Waals surface area contributed by atoms with Gasteiger partial charge in [0.25, 0.3) is 0 Å². The Bertz CT molecular complexity index is 604. The van der Waals surface area contributed by atoms with Gasteiger partial charge in [0, 0.05) is 13.7 Å². The average molecular weight is 321 g/mol. The van der Waals surface area contributed by atoms with Crippen LogP contribution in [0.3, 0.4) is 0 Å². The van der Waals surface area contributed by atoms with E-state index in [0.717, 1.165) is 12.1 Å². The van der Waals surface area contributed by atoms with E-state index in [0.29, 0.717) is 6.07 Å². The summed E-state index contributed by atoms with van der Waals surface area (Å²) in [6.45, 7) is -0.0453. The van der Waals surface area contributed by atoms with Gasteiger partial charge in [-0.1, -0.05) is 0 Å². The number of carboxylic acid groups (broad SMARTS) is 1. The number of hydrogen-bond donors (Lipinski definition) is 3. The quantitative estimate of drug-likeness (QED) is 0.630. The van der Waals surface area contributed by atoms with Crippen LogP contribution in [0.15, 0.2) is 23.1 Å². The van der Waals surface area contributed by atoms with Crippen molar-refractivity contribution in [2.24, 2.45) is 0 Å². The van der Waals surface area contributed by atoms with Gasteiger partial charge in [0.05, 0.1) is 18.3 Å². The number of benzene rings is 1. The third kappa shape index (κ3) is 5.05. The van der Waals surface area contributed by atoms with Crippen LogP contribution < -0.4 is 4.72 Å². The van der Waals surface area contributed by atoms with E-state index in [9.17, 15) is 22.7 Å². The third-order valence-electron chi connectivity index (χ3n) is 2.60. The summed E-state index contributed by atoms with van der Waals surface area (Å²) >= 11 is 0. The van der Waals surface area contributed by atoms with Gasteiger partial charge in [0.1, 0.15) is 10.7 Å². The van der Waals surface area contributed by atoms with Gasteiger partial charge in [-0.15, -0.1) is 0 Å². The maximum atomic E-state index is 13.7. The smallest absolute Gasteiger partial charge is 0.335 e. The highest BCUT2D eigenvalue weighted by molar-refractivity contribution is 7.89. The maximum Gasteiger partial charge on any atom is 0.335 e. The molecule has 3 N–H and O–H groups in total. The molecule has 118 valence electrons. The highest BCUT2D eigenvalue weighted by Crippen LogP contribution is 2.16. The minimum absolute atomic E-state index is 0.0589. The van der Waals surface area contributed by atoms with Crippen LogP contribution in [0.4, 0.5) is 4.39 Å². The molecular formula is C12H16FNO6S. The van der Waals surface area contributed by atoms with E-state index in [1.54, 1.807) is 0 Å². The number of aromatic carboxylic acids is 1. The Morgan fingerprint density at radius 1 is 1.48 bits per heavy atom. The van der Waals surface area contributed by atoms with Crippen LogP contribution in [0.2, 0.25) is 0 Å². The molecule has 1 unspecified atom stereocenters. The van der Waals surface area contributed by atoms with Crippen LogP contribution in [-0.2, 0) is 14.8 Å². The Morgan fingerprint density at radius 3 is 2.67 bits per heavy atom. The monoisotopic (exact) mass is 321 g/mol. The molecule has 0 heterocycles. The highest BCUT2D eigenvalue weighted by atomic mass is 32.2. The molecule has 9 heteroatoms. The average Bonchev–Trinajstić information content (AvgIpc) is 2.38. The molecule has 0 amide bonds. The van der Waals surface area contributed by atoms with Crippen molar-refractivity contribution in [1.29, 1.82) is 0 Å². The van der Waals surface area contributed by atoms with E-state index in [1.807, 2.05) is 0 Å². The normalized spacial score (nSPS) is 13.1. The third-order valence-corrected chi connectivity index (χ3v) is 4.09. The van der Waals surface area contributed by atoms with Crippen molar-refractivity contribution in [1.82, 2.24) is 4.72 Å². The summed E-state index contributed by atoms with van der Waals surface area (Å²) in [6, 6.07) is 2.52. The molecule has 0 fully saturated rings. The van der Waals surface area contributed by atoms with Gasteiger partial charge in [-0.3, -0.25) is 0 Å². The molecule has 0 aliphatic rings. The van der Waals surface area contributed by atoms with Crippen molar-refractivity contribution < 1.29 is 32.6 Å². The predicted octanol–water partition coefficient (Wildman–Crippen LogP) is 0.200. The molecular weight excluding hydrogens is 305 g/mol. The van der Waals surface area contributed by atoms with Crippen LogP contribution in [0, 0.1) is 5.82 Å². The Hall–Kier alpha value is -1.55. The first kappa shape index (κ1) is 17.5. The fourth-order valence-electron chi connectivity index (χ4n) is 1.57. The molecule has 7 nitrogen and oxygen atoms in total. The zero-order valence-corrected chi connectivity index (χ0v) is 12.1. The van der Waals surface area contributed by atoms with Crippen molar-refractivity contribution in [3.05, 3.63) is 29.6 Å². The fraction of sp³-hybridized carbons (Fsp3) is 0.417. The summed E-state index contributed by atoms with van der Waals surface area (Å²) in [4.78, 5) is 10.0. The summed E-state index contributed by atoms with van der Waals surface area (Å²) in [6.07, 6.45) is -0.737. The number of aliphatic hydroxyl groups is 1. The molecule has 0 aromatic heterocycles. The summed E-state index contributed by atoms with van der Waals surface area (Å²) in [5.41, 5.74) is -0.345. The molecule has 0 spiro atoms. The number of hydrogen-bond acceptors (Lipinski definition) is 5. The zero-order chi connectivity index (χ0) is 16.0. The fourth-order valence-corrected chi connectivity index (χ4v) is 2.67. The molecule has 1 aromatic carbocycles. The van der Waals surface area contributed by atoms with Crippen LogP contribution in [0.5, 0.6) is 0 Å². The topological polar surface area (TPSA) is 113 Å². The lowest BCUT2D eigenvalue weighted by Gasteiger charge is -2.11. The lowest BCUT2D eigenvalue weighted by molar-refractivity contribution is 0.0603. The van der Waals surface area contributed by atoms with E-state index in [4.69, 9.17) is 5.11 Å². The summed E-state index contributed by atoms with van der Waals surface area (Å²) < 4.78 is 44.2. The van der Waals surface area contributed by atoms with Crippen molar-refractivity contribution in [3.63, 3.8) is 0 Å². The highest BCUT2D eigenvalue weighted by Gasteiger charge is 2.20. The number of nitrogens with one attached hydrogen (secondary N) is 1. The maximum absolute atomic E-state index is 13.7. The molecule has 0 bridgehead atoms. The number of carbonyl (C=O) groups is 1. The van der Waals surface area contributed by atoms with Gasteiger partial charge in [-0.2, -0.15) is 0 Å². The number of halogens is 1. The molecule has 1 atom stereocenters. The van der Waals surface area contributed by atoms with Crippen LogP contribution >= 0.6 is 0 Å². The standard InChI is InChI=1S/C12H16FNO6S/c1-20-7-9(15)4-5-14-21(18,19)11-3-2-8(12(16)17)6-10(11)13/h2-3,6,9,14-15H,4-5,7H2,1H3,(H,16,17). The van der Waals surface area contributed by atoms with Crippen molar-refractivity contribution in [2.75, 3.05) is 20.3 Å². The molecule has 1 rings (SSSR count). The van der Waals surface area contributed by atoms with Crippen molar-refractivity contribution in [3.8, 4) is 0 Å². The largest absolute Gasteiger partial charge is 0.478 e. The minimum atomic E-state index is -4.11. The van der Waals surface area contributed by atoms with E-state index >= 15 is 0 Å². The second-order valence-electron chi connectivity index (χ2n) is 4.25. The van der Waals surface area contributed by atoms with Gasteiger partial charge >= 0.3 is 5.97 Å². The van der Waals surface area contributed by atoms with Gasteiger partial charge in [-0.05, 0) is 24.6 Å². The lowest BCUT2D eigenvalue weighted by atomic mass is 10.2. The van der Waals surface area contributed by atoms with E-state index in [2.05, 4.69) is 9.46 Å². The van der Waals surface area contributed by atoms with Crippen molar-refractivity contribution in [2.45, 2.75) is 17.4 Å². The number of aliphatic hydroxyl groups excluding tert-OH is 1. The van der Waals surface area contributed by atoms with Gasteiger partial charge in [0.15, 0.2) is 0 Å². The number of carboxylic acids is 1. The van der Waals surface area contributed by atoms with E-state index in [1.165, 1.54) is 7.11 Å². The predicted molar refractivity (Wildman–Crippen MR) is 71.0 cm³/mol. The summed E-state index contributed by atoms with van der Waals surface area (Å²) in [7, 11) is -2.72. The number of methoxy groups -OCH3 is 1. The summed E-state index contributed by atoms with van der Waals surface area (Å²) in [5.74, 6) is -2.51. The first-order chi connectivity index (χ1) is 9.77. The number of ether oxygens (including phenoxy) is 1. The molecule has 0 saturated carbocycles. The van der Waals surface area contributed by atoms with Crippen LogP contribution in [0.25, 0.3) is 0 Å². The Labute approximate surface area is 121 Å². The zero-order valence-electron chi connectivity index (χ0n) is 11.2. The van der Waals surface area contributed by atoms with Crippen molar-refractivity contribution >= 4 is 16.0 Å². The SMILES string of the molecule is COCC(O)CCNS(=O)(=O)c1ccc(C(=O)O)cc1F. The molecule has 0 aliphatic carbocycles. The van der Waals surface area contributed by atoms with Crippen LogP contribution in [0.1, 0.15) is 16.8 Å².